The van der Waals surface area contributed by atoms with Gasteiger partial charge in [0.05, 0.1) is 6.10 Å². The van der Waals surface area contributed by atoms with Crippen molar-refractivity contribution in [2.45, 2.75) is 68.8 Å². The lowest BCUT2D eigenvalue weighted by Gasteiger charge is -2.62. The van der Waals surface area contributed by atoms with Gasteiger partial charge in [-0.3, -0.25) is 0 Å². The molecule has 0 aliphatic heterocycles. The molecule has 3 aliphatic carbocycles. The highest BCUT2D eigenvalue weighted by atomic mass is 32.2. The van der Waals surface area contributed by atoms with Gasteiger partial charge < -0.3 is 10.1 Å². The molecule has 3 rings (SSSR count). The highest BCUT2D eigenvalue weighted by Gasteiger charge is 2.58. The molecule has 0 bridgehead atoms. The van der Waals surface area contributed by atoms with Gasteiger partial charge in [0.25, 0.3) is 0 Å². The van der Waals surface area contributed by atoms with E-state index in [0.29, 0.717) is 16.3 Å². The maximum atomic E-state index is 5.92. The van der Waals surface area contributed by atoms with E-state index in [2.05, 4.69) is 30.3 Å². The van der Waals surface area contributed by atoms with Crippen LogP contribution < -0.4 is 5.32 Å². The maximum Gasteiger partial charge on any atom is 0.0661 e. The number of thioether (sulfide) groups is 1. The third kappa shape index (κ3) is 1.94. The van der Waals surface area contributed by atoms with Crippen molar-refractivity contribution in [3.63, 3.8) is 0 Å². The zero-order valence-corrected chi connectivity index (χ0v) is 12.7. The molecule has 0 radical (unpaired) electrons. The summed E-state index contributed by atoms with van der Waals surface area (Å²) in [6, 6.07) is 0.743. The van der Waals surface area contributed by atoms with Crippen molar-refractivity contribution in [1.82, 2.24) is 5.32 Å². The molecule has 2 atom stereocenters. The minimum atomic E-state index is 0.527. The van der Waals surface area contributed by atoms with Crippen LogP contribution in [0.2, 0.25) is 0 Å². The maximum absolute atomic E-state index is 5.92. The summed E-state index contributed by atoms with van der Waals surface area (Å²) in [5.41, 5.74) is 0.527. The fourth-order valence-electron chi connectivity index (χ4n) is 4.06. The Bertz CT molecular complexity index is 293. The lowest BCUT2D eigenvalue weighted by molar-refractivity contribution is -0.173. The molecule has 3 saturated carbocycles. The van der Waals surface area contributed by atoms with Crippen LogP contribution in [0, 0.1) is 5.41 Å². The van der Waals surface area contributed by atoms with Crippen LogP contribution in [0.3, 0.4) is 0 Å². The number of hydrogen-bond acceptors (Lipinski definition) is 3. The Kier molecular flexibility index (Phi) is 3.68. The number of ether oxygens (including phenoxy) is 1. The summed E-state index contributed by atoms with van der Waals surface area (Å²) < 4.78 is 6.49. The molecule has 2 unspecified atom stereocenters. The van der Waals surface area contributed by atoms with Gasteiger partial charge in [0.2, 0.25) is 0 Å². The van der Waals surface area contributed by atoms with Crippen LogP contribution in [0.25, 0.3) is 0 Å². The molecule has 104 valence electrons. The summed E-state index contributed by atoms with van der Waals surface area (Å²) in [5, 5.41) is 3.89. The third-order valence-electron chi connectivity index (χ3n) is 5.81. The SMILES string of the molecule is CCOC1CC(NCC2(SC)CCC2)C12CCC2. The van der Waals surface area contributed by atoms with E-state index in [4.69, 9.17) is 4.74 Å². The second-order valence-electron chi connectivity index (χ2n) is 6.44. The van der Waals surface area contributed by atoms with Gasteiger partial charge in [-0.15, -0.1) is 0 Å². The van der Waals surface area contributed by atoms with Crippen LogP contribution in [-0.4, -0.2) is 36.3 Å². The fourth-order valence-corrected chi connectivity index (χ4v) is 4.98. The molecule has 0 saturated heterocycles. The van der Waals surface area contributed by atoms with E-state index < -0.39 is 0 Å². The van der Waals surface area contributed by atoms with Gasteiger partial charge in [0.1, 0.15) is 0 Å². The summed E-state index contributed by atoms with van der Waals surface area (Å²) in [4.78, 5) is 0. The topological polar surface area (TPSA) is 21.3 Å². The Balaban J connectivity index is 1.52. The fraction of sp³-hybridized carbons (Fsp3) is 1.00. The molecule has 0 aromatic heterocycles. The Hall–Kier alpha value is 0.270. The minimum absolute atomic E-state index is 0.527. The van der Waals surface area contributed by atoms with Crippen molar-refractivity contribution < 1.29 is 4.74 Å². The first-order chi connectivity index (χ1) is 8.75. The summed E-state index contributed by atoms with van der Waals surface area (Å²) >= 11 is 2.08. The van der Waals surface area contributed by atoms with Crippen molar-refractivity contribution in [2.24, 2.45) is 5.41 Å². The summed E-state index contributed by atoms with van der Waals surface area (Å²) in [7, 11) is 0. The van der Waals surface area contributed by atoms with Crippen molar-refractivity contribution in [1.29, 1.82) is 0 Å². The highest BCUT2D eigenvalue weighted by molar-refractivity contribution is 8.00. The second-order valence-corrected chi connectivity index (χ2v) is 7.71. The van der Waals surface area contributed by atoms with E-state index in [1.807, 2.05) is 0 Å². The van der Waals surface area contributed by atoms with Gasteiger partial charge in [0, 0.05) is 29.4 Å². The molecular formula is C15H27NOS. The Morgan fingerprint density at radius 1 is 1.22 bits per heavy atom. The average Bonchev–Trinajstić information content (AvgIpc) is 2.23. The van der Waals surface area contributed by atoms with E-state index in [9.17, 15) is 0 Å². The number of rotatable bonds is 6. The molecule has 3 fully saturated rings. The monoisotopic (exact) mass is 269 g/mol. The molecule has 1 N–H and O–H groups in total. The van der Waals surface area contributed by atoms with Crippen molar-refractivity contribution in [3.05, 3.63) is 0 Å². The molecule has 0 aromatic rings. The third-order valence-corrected chi connectivity index (χ3v) is 7.22. The van der Waals surface area contributed by atoms with E-state index in [1.165, 1.54) is 51.5 Å². The van der Waals surface area contributed by atoms with Crippen LogP contribution in [0.1, 0.15) is 51.9 Å². The van der Waals surface area contributed by atoms with Gasteiger partial charge in [-0.1, -0.05) is 12.8 Å². The van der Waals surface area contributed by atoms with Crippen LogP contribution in [0.5, 0.6) is 0 Å². The minimum Gasteiger partial charge on any atom is -0.378 e. The zero-order valence-electron chi connectivity index (χ0n) is 11.8. The van der Waals surface area contributed by atoms with Crippen LogP contribution in [0.4, 0.5) is 0 Å². The van der Waals surface area contributed by atoms with Crippen molar-refractivity contribution >= 4 is 11.8 Å². The molecule has 0 aromatic carbocycles. The summed E-state index contributed by atoms with van der Waals surface area (Å²) in [6.45, 7) is 4.23. The molecule has 0 amide bonds. The Morgan fingerprint density at radius 3 is 2.39 bits per heavy atom. The predicted molar refractivity (Wildman–Crippen MR) is 78.2 cm³/mol. The highest BCUT2D eigenvalue weighted by Crippen LogP contribution is 2.57. The van der Waals surface area contributed by atoms with Gasteiger partial charge in [0.15, 0.2) is 0 Å². The molecule has 0 heterocycles. The number of nitrogens with one attached hydrogen (secondary N) is 1. The first-order valence-corrected chi connectivity index (χ1v) is 8.87. The van der Waals surface area contributed by atoms with Gasteiger partial charge in [-0.2, -0.15) is 11.8 Å². The van der Waals surface area contributed by atoms with E-state index >= 15 is 0 Å². The van der Waals surface area contributed by atoms with E-state index in [1.54, 1.807) is 0 Å². The summed E-state index contributed by atoms with van der Waals surface area (Å²) in [6.07, 6.45) is 12.5. The van der Waals surface area contributed by atoms with Crippen molar-refractivity contribution in [3.8, 4) is 0 Å². The van der Waals surface area contributed by atoms with Crippen LogP contribution >= 0.6 is 11.8 Å². The molecule has 2 nitrogen and oxygen atoms in total. The van der Waals surface area contributed by atoms with Crippen LogP contribution in [0.15, 0.2) is 0 Å². The molecule has 3 heteroatoms. The standard InChI is InChI=1S/C15H27NOS/c1-3-17-13-10-12(15(13)8-5-9-15)16-11-14(18-2)6-4-7-14/h12-13,16H,3-11H2,1-2H3. The first kappa shape index (κ1) is 13.3. The lowest BCUT2D eigenvalue weighted by atomic mass is 9.51. The number of hydrogen-bond donors (Lipinski definition) is 1. The largest absolute Gasteiger partial charge is 0.378 e. The summed E-state index contributed by atoms with van der Waals surface area (Å²) in [5.74, 6) is 0. The normalized spacial score (nSPS) is 35.7. The molecular weight excluding hydrogens is 242 g/mol. The van der Waals surface area contributed by atoms with Gasteiger partial charge in [-0.25, -0.2) is 0 Å². The van der Waals surface area contributed by atoms with E-state index in [0.717, 1.165) is 12.6 Å². The Morgan fingerprint density at radius 2 is 1.94 bits per heavy atom. The van der Waals surface area contributed by atoms with E-state index in [-0.39, 0.29) is 0 Å². The smallest absolute Gasteiger partial charge is 0.0661 e. The van der Waals surface area contributed by atoms with Crippen molar-refractivity contribution in [2.75, 3.05) is 19.4 Å². The molecule has 1 spiro atoms. The predicted octanol–water partition coefficient (Wildman–Crippen LogP) is 3.21. The zero-order chi connectivity index (χ0) is 12.6. The molecule has 18 heavy (non-hydrogen) atoms. The average molecular weight is 269 g/mol. The lowest BCUT2D eigenvalue weighted by Crippen LogP contribution is -2.68. The second kappa shape index (κ2) is 4.99. The quantitative estimate of drug-likeness (QED) is 0.800. The Labute approximate surface area is 116 Å². The first-order valence-electron chi connectivity index (χ1n) is 7.65. The van der Waals surface area contributed by atoms with Crippen LogP contribution in [-0.2, 0) is 4.74 Å². The van der Waals surface area contributed by atoms with Gasteiger partial charge in [-0.05, 0) is 45.3 Å². The van der Waals surface area contributed by atoms with Gasteiger partial charge >= 0.3 is 0 Å². The molecule has 3 aliphatic rings.